The first-order valence-electron chi connectivity index (χ1n) is 8.17. The highest BCUT2D eigenvalue weighted by Crippen LogP contribution is 2.30. The fourth-order valence-corrected chi connectivity index (χ4v) is 3.87. The van der Waals surface area contributed by atoms with E-state index in [1.165, 1.54) is 30.4 Å². The van der Waals surface area contributed by atoms with E-state index in [0.29, 0.717) is 6.04 Å². The van der Waals surface area contributed by atoms with Gasteiger partial charge in [0.25, 0.3) is 0 Å². The third kappa shape index (κ3) is 3.07. The second kappa shape index (κ2) is 6.28. The zero-order valence-electron chi connectivity index (χ0n) is 12.8. The number of nitrogens with one attached hydrogen (secondary N) is 1. The highest BCUT2D eigenvalue weighted by atomic mass is 16.5. The maximum atomic E-state index is 5.99. The van der Waals surface area contributed by atoms with Crippen molar-refractivity contribution in [3.63, 3.8) is 0 Å². The minimum absolute atomic E-state index is 0.242. The topological polar surface area (TPSA) is 21.3 Å². The minimum Gasteiger partial charge on any atom is -0.372 e. The molecule has 1 aromatic rings. The number of hydrogen-bond acceptors (Lipinski definition) is 2. The molecule has 2 heteroatoms. The van der Waals surface area contributed by atoms with Crippen LogP contribution in [0.1, 0.15) is 50.3 Å². The lowest BCUT2D eigenvalue weighted by Gasteiger charge is -2.35. The third-order valence-corrected chi connectivity index (χ3v) is 5.09. The number of benzene rings is 1. The summed E-state index contributed by atoms with van der Waals surface area (Å²) in [5, 5.41) is 3.78. The van der Waals surface area contributed by atoms with Gasteiger partial charge in [-0.15, -0.1) is 0 Å². The summed E-state index contributed by atoms with van der Waals surface area (Å²) < 4.78 is 5.99. The van der Waals surface area contributed by atoms with Crippen LogP contribution in [0.5, 0.6) is 0 Å². The van der Waals surface area contributed by atoms with Gasteiger partial charge in [-0.2, -0.15) is 0 Å². The van der Waals surface area contributed by atoms with Crippen LogP contribution in [0.3, 0.4) is 0 Å². The Morgan fingerprint density at radius 3 is 2.90 bits per heavy atom. The molecule has 0 aromatic heterocycles. The van der Waals surface area contributed by atoms with E-state index in [1.807, 2.05) is 0 Å². The largest absolute Gasteiger partial charge is 0.372 e. The number of hydrogen-bond donors (Lipinski definition) is 1. The maximum absolute atomic E-state index is 5.99. The van der Waals surface area contributed by atoms with Crippen molar-refractivity contribution < 1.29 is 4.74 Å². The summed E-state index contributed by atoms with van der Waals surface area (Å²) in [6.45, 7) is 6.59. The van der Waals surface area contributed by atoms with Crippen molar-refractivity contribution in [2.75, 3.05) is 13.2 Å². The van der Waals surface area contributed by atoms with E-state index in [0.717, 1.165) is 31.4 Å². The highest BCUT2D eigenvalue weighted by molar-refractivity contribution is 5.31. The van der Waals surface area contributed by atoms with Crippen LogP contribution in [0.2, 0.25) is 0 Å². The molecule has 3 rings (SSSR count). The van der Waals surface area contributed by atoms with Crippen LogP contribution < -0.4 is 5.32 Å². The maximum Gasteiger partial charge on any atom is 0.0952 e. The molecular weight excluding hydrogens is 246 g/mol. The molecule has 0 bridgehead atoms. The molecule has 1 saturated carbocycles. The van der Waals surface area contributed by atoms with Crippen LogP contribution in [0.4, 0.5) is 0 Å². The Labute approximate surface area is 122 Å². The standard InChI is InChI=1S/C18H27NO/c1-13-7-8-17(14(2)11-13)19-12-18-16-6-4-3-5-15(16)9-10-20-18/h3-6,13-14,17-19H,7-12H2,1-2H3. The van der Waals surface area contributed by atoms with Crippen molar-refractivity contribution in [2.24, 2.45) is 11.8 Å². The van der Waals surface area contributed by atoms with E-state index in [4.69, 9.17) is 4.74 Å². The highest BCUT2D eigenvalue weighted by Gasteiger charge is 2.27. The molecule has 1 fully saturated rings. The van der Waals surface area contributed by atoms with Gasteiger partial charge in [0, 0.05) is 12.6 Å². The molecule has 2 aliphatic rings. The number of fused-ring (bicyclic) bond motifs is 1. The molecule has 4 unspecified atom stereocenters. The fraction of sp³-hybridized carbons (Fsp3) is 0.667. The summed E-state index contributed by atoms with van der Waals surface area (Å²) in [4.78, 5) is 0. The Morgan fingerprint density at radius 2 is 2.05 bits per heavy atom. The normalized spacial score (nSPS) is 33.7. The quantitative estimate of drug-likeness (QED) is 0.906. The number of ether oxygens (including phenoxy) is 1. The van der Waals surface area contributed by atoms with Crippen molar-refractivity contribution in [1.29, 1.82) is 0 Å². The number of rotatable bonds is 3. The average Bonchev–Trinajstić information content (AvgIpc) is 2.46. The fourth-order valence-electron chi connectivity index (χ4n) is 3.87. The Kier molecular flexibility index (Phi) is 4.42. The first kappa shape index (κ1) is 14.1. The van der Waals surface area contributed by atoms with Gasteiger partial charge in [-0.05, 0) is 48.6 Å². The van der Waals surface area contributed by atoms with Gasteiger partial charge in [0.15, 0.2) is 0 Å². The van der Waals surface area contributed by atoms with Gasteiger partial charge in [0.2, 0.25) is 0 Å². The molecule has 0 spiro atoms. The van der Waals surface area contributed by atoms with Crippen LogP contribution in [-0.2, 0) is 11.2 Å². The lowest BCUT2D eigenvalue weighted by atomic mass is 9.80. The van der Waals surface area contributed by atoms with Crippen LogP contribution in [-0.4, -0.2) is 19.2 Å². The first-order chi connectivity index (χ1) is 9.74. The van der Waals surface area contributed by atoms with Gasteiger partial charge >= 0.3 is 0 Å². The van der Waals surface area contributed by atoms with E-state index in [1.54, 1.807) is 0 Å². The molecule has 1 aliphatic heterocycles. The average molecular weight is 273 g/mol. The van der Waals surface area contributed by atoms with Crippen LogP contribution in [0, 0.1) is 11.8 Å². The molecule has 0 amide bonds. The van der Waals surface area contributed by atoms with Gasteiger partial charge in [-0.1, -0.05) is 38.1 Å². The van der Waals surface area contributed by atoms with Crippen LogP contribution in [0.25, 0.3) is 0 Å². The summed E-state index contributed by atoms with van der Waals surface area (Å²) in [5.74, 6) is 1.69. The first-order valence-corrected chi connectivity index (χ1v) is 8.17. The summed E-state index contributed by atoms with van der Waals surface area (Å²) in [6.07, 6.45) is 5.34. The second-order valence-corrected chi connectivity index (χ2v) is 6.72. The van der Waals surface area contributed by atoms with Crippen molar-refractivity contribution in [3.8, 4) is 0 Å². The van der Waals surface area contributed by atoms with Crippen LogP contribution in [0.15, 0.2) is 24.3 Å². The third-order valence-electron chi connectivity index (χ3n) is 5.09. The lowest BCUT2D eigenvalue weighted by molar-refractivity contribution is 0.0374. The van der Waals surface area contributed by atoms with Crippen molar-refractivity contribution in [3.05, 3.63) is 35.4 Å². The zero-order chi connectivity index (χ0) is 13.9. The van der Waals surface area contributed by atoms with E-state index >= 15 is 0 Å². The van der Waals surface area contributed by atoms with Gasteiger partial charge in [-0.25, -0.2) is 0 Å². The predicted octanol–water partition coefficient (Wildman–Crippen LogP) is 3.71. The SMILES string of the molecule is CC1CCC(NCC2OCCc3ccccc32)C(C)C1. The summed E-state index contributed by atoms with van der Waals surface area (Å²) in [5.41, 5.74) is 2.86. The predicted molar refractivity (Wildman–Crippen MR) is 82.8 cm³/mol. The van der Waals surface area contributed by atoms with Crippen LogP contribution >= 0.6 is 0 Å². The van der Waals surface area contributed by atoms with E-state index < -0.39 is 0 Å². The van der Waals surface area contributed by atoms with E-state index in [2.05, 4.69) is 43.4 Å². The minimum atomic E-state index is 0.242. The molecule has 4 atom stereocenters. The zero-order valence-corrected chi connectivity index (χ0v) is 12.8. The molecule has 2 nitrogen and oxygen atoms in total. The smallest absolute Gasteiger partial charge is 0.0952 e. The van der Waals surface area contributed by atoms with Gasteiger partial charge < -0.3 is 10.1 Å². The monoisotopic (exact) mass is 273 g/mol. The van der Waals surface area contributed by atoms with Crippen molar-refractivity contribution in [2.45, 2.75) is 51.7 Å². The van der Waals surface area contributed by atoms with Gasteiger partial charge in [-0.3, -0.25) is 0 Å². The Balaban J connectivity index is 1.59. The summed E-state index contributed by atoms with van der Waals surface area (Å²) in [7, 11) is 0. The Morgan fingerprint density at radius 1 is 1.20 bits per heavy atom. The Bertz CT molecular complexity index is 445. The molecule has 0 saturated heterocycles. The molecule has 1 aliphatic carbocycles. The molecule has 1 N–H and O–H groups in total. The second-order valence-electron chi connectivity index (χ2n) is 6.72. The van der Waals surface area contributed by atoms with Gasteiger partial charge in [0.1, 0.15) is 0 Å². The molecule has 1 aromatic carbocycles. The molecule has 1 heterocycles. The van der Waals surface area contributed by atoms with Crippen molar-refractivity contribution in [1.82, 2.24) is 5.32 Å². The lowest BCUT2D eigenvalue weighted by Crippen LogP contribution is -2.41. The molecule has 110 valence electrons. The summed E-state index contributed by atoms with van der Waals surface area (Å²) >= 11 is 0. The van der Waals surface area contributed by atoms with Gasteiger partial charge in [0.05, 0.1) is 12.7 Å². The summed E-state index contributed by atoms with van der Waals surface area (Å²) in [6, 6.07) is 9.41. The molecular formula is C18H27NO. The van der Waals surface area contributed by atoms with E-state index in [-0.39, 0.29) is 6.10 Å². The van der Waals surface area contributed by atoms with Crippen molar-refractivity contribution >= 4 is 0 Å². The van der Waals surface area contributed by atoms with E-state index in [9.17, 15) is 0 Å². The molecule has 0 radical (unpaired) electrons. The molecule has 20 heavy (non-hydrogen) atoms. The Hall–Kier alpha value is -0.860.